The van der Waals surface area contributed by atoms with Gasteiger partial charge in [-0.2, -0.15) is 0 Å². The largest absolute Gasteiger partial charge is 0.348 e. The first-order valence-electron chi connectivity index (χ1n) is 11.9. The van der Waals surface area contributed by atoms with Crippen molar-refractivity contribution in [2.24, 2.45) is 5.92 Å². The van der Waals surface area contributed by atoms with Crippen LogP contribution in [-0.2, 0) is 19.9 Å². The van der Waals surface area contributed by atoms with Gasteiger partial charge in [-0.15, -0.1) is 0 Å². The van der Waals surface area contributed by atoms with Gasteiger partial charge in [0.15, 0.2) is 0 Å². The van der Waals surface area contributed by atoms with Crippen LogP contribution in [0.5, 0.6) is 0 Å². The lowest BCUT2D eigenvalue weighted by Gasteiger charge is -2.37. The fourth-order valence-electron chi connectivity index (χ4n) is 4.30. The van der Waals surface area contributed by atoms with Gasteiger partial charge in [0, 0.05) is 0 Å². The number of carbonyl (C=O) groups excluding carboxylic acids is 3. The number of hydrogen-bond donors (Lipinski definition) is 3. The second kappa shape index (κ2) is 12.6. The van der Waals surface area contributed by atoms with Crippen LogP contribution >= 0.6 is 0 Å². The summed E-state index contributed by atoms with van der Waals surface area (Å²) in [5, 5.41) is 8.93. The fraction of sp³-hybridized carbons (Fsp3) is 0.276. The predicted octanol–water partition coefficient (Wildman–Crippen LogP) is 3.41. The zero-order valence-electron chi connectivity index (χ0n) is 20.2. The average molecular weight is 472 g/mol. The molecule has 0 radical (unpaired) electrons. The third-order valence-corrected chi connectivity index (χ3v) is 5.85. The maximum atomic E-state index is 13.1. The summed E-state index contributed by atoms with van der Waals surface area (Å²) >= 11 is 0. The normalized spacial score (nSPS) is 12.1. The van der Waals surface area contributed by atoms with Gasteiger partial charge in [-0.1, -0.05) is 105 Å². The number of rotatable bonds is 12. The molecule has 3 aromatic rings. The molecule has 0 saturated heterocycles. The third-order valence-electron chi connectivity index (χ3n) is 5.85. The van der Waals surface area contributed by atoms with Crippen molar-refractivity contribution in [2.75, 3.05) is 13.1 Å². The van der Waals surface area contributed by atoms with E-state index in [1.807, 2.05) is 105 Å². The molecule has 0 aliphatic rings. The summed E-state index contributed by atoms with van der Waals surface area (Å²) < 4.78 is 0. The summed E-state index contributed by atoms with van der Waals surface area (Å²) in [5.41, 5.74) is 2.20. The Morgan fingerprint density at radius 1 is 0.800 bits per heavy atom. The van der Waals surface area contributed by atoms with E-state index < -0.39 is 11.6 Å². The van der Waals surface area contributed by atoms with Crippen LogP contribution < -0.4 is 16.0 Å². The minimum absolute atomic E-state index is 0.0196. The van der Waals surface area contributed by atoms with Gasteiger partial charge in [0.05, 0.1) is 18.6 Å². The lowest BCUT2D eigenvalue weighted by Crippen LogP contribution is -2.53. The molecule has 0 aromatic heterocycles. The second-order valence-corrected chi connectivity index (χ2v) is 8.86. The molecule has 0 spiro atoms. The van der Waals surface area contributed by atoms with Crippen LogP contribution in [0, 0.1) is 5.92 Å². The van der Waals surface area contributed by atoms with Gasteiger partial charge in [-0.05, 0) is 29.0 Å². The molecule has 2 amide bonds. The molecular formula is C29H33N3O3. The molecular weight excluding hydrogens is 438 g/mol. The minimum atomic E-state index is -0.783. The molecule has 3 rings (SSSR count). The zero-order chi connectivity index (χ0) is 25.1. The van der Waals surface area contributed by atoms with Crippen molar-refractivity contribution in [1.29, 1.82) is 0 Å². The lowest BCUT2D eigenvalue weighted by atomic mass is 9.77. The molecule has 3 N–H and O–H groups in total. The first-order valence-corrected chi connectivity index (χ1v) is 11.9. The van der Waals surface area contributed by atoms with Crippen molar-refractivity contribution in [2.45, 2.75) is 31.8 Å². The van der Waals surface area contributed by atoms with Gasteiger partial charge in [0.2, 0.25) is 11.8 Å². The number of nitrogens with one attached hydrogen (secondary N) is 3. The first kappa shape index (κ1) is 25.8. The van der Waals surface area contributed by atoms with E-state index in [9.17, 15) is 14.4 Å². The monoisotopic (exact) mass is 471 g/mol. The highest BCUT2D eigenvalue weighted by Crippen LogP contribution is 2.36. The summed E-state index contributed by atoms with van der Waals surface area (Å²) in [6.45, 7) is 3.86. The van der Waals surface area contributed by atoms with Crippen molar-refractivity contribution in [3.05, 3.63) is 108 Å². The highest BCUT2D eigenvalue weighted by atomic mass is 16.2. The highest BCUT2D eigenvalue weighted by molar-refractivity contribution is 5.89. The number of aldehydes is 1. The van der Waals surface area contributed by atoms with Gasteiger partial charge in [-0.3, -0.25) is 14.9 Å². The van der Waals surface area contributed by atoms with Crippen LogP contribution in [0.4, 0.5) is 0 Å². The van der Waals surface area contributed by atoms with Crippen LogP contribution in [0.25, 0.3) is 0 Å². The van der Waals surface area contributed by atoms with Gasteiger partial charge in [0.25, 0.3) is 0 Å². The number of benzene rings is 3. The number of hydrogen-bond acceptors (Lipinski definition) is 4. The fourth-order valence-corrected chi connectivity index (χ4v) is 4.30. The molecule has 6 heteroatoms. The molecule has 1 atom stereocenters. The van der Waals surface area contributed by atoms with Crippen molar-refractivity contribution in [3.8, 4) is 0 Å². The standard InChI is InChI=1S/C29H33N3O3/c1-22(2)20-26(28(35)30-18-19-33)32-27(34)21-31-29(23-12-6-3-7-13-23,24-14-8-4-9-15-24)25-16-10-5-11-17-25/h3-17,19,22,26,31H,18,20-21H2,1-2H3,(H,30,35)(H,32,34)/t26-/m0/s1. The van der Waals surface area contributed by atoms with Crippen LogP contribution in [-0.4, -0.2) is 37.2 Å². The van der Waals surface area contributed by atoms with Crippen LogP contribution in [0.1, 0.15) is 37.0 Å². The Kier molecular flexibility index (Phi) is 9.32. The van der Waals surface area contributed by atoms with Crippen molar-refractivity contribution in [3.63, 3.8) is 0 Å². The Morgan fingerprint density at radius 3 is 1.66 bits per heavy atom. The minimum Gasteiger partial charge on any atom is -0.348 e. The Labute approximate surface area is 207 Å². The lowest BCUT2D eigenvalue weighted by molar-refractivity contribution is -0.129. The van der Waals surface area contributed by atoms with Crippen LogP contribution in [0.15, 0.2) is 91.0 Å². The van der Waals surface area contributed by atoms with Crippen molar-refractivity contribution >= 4 is 18.1 Å². The Hall–Kier alpha value is -3.77. The predicted molar refractivity (Wildman–Crippen MR) is 138 cm³/mol. The average Bonchev–Trinajstić information content (AvgIpc) is 2.89. The van der Waals surface area contributed by atoms with Crippen molar-refractivity contribution in [1.82, 2.24) is 16.0 Å². The molecule has 35 heavy (non-hydrogen) atoms. The summed E-state index contributed by atoms with van der Waals surface area (Å²) in [5.74, 6) is -0.476. The molecule has 0 saturated carbocycles. The smallest absolute Gasteiger partial charge is 0.242 e. The molecule has 182 valence electrons. The van der Waals surface area contributed by atoms with E-state index in [4.69, 9.17) is 0 Å². The molecule has 0 unspecified atom stereocenters. The molecule has 0 bridgehead atoms. The Morgan fingerprint density at radius 2 is 1.26 bits per heavy atom. The molecule has 0 heterocycles. The quantitative estimate of drug-likeness (QED) is 0.279. The highest BCUT2D eigenvalue weighted by Gasteiger charge is 2.36. The van der Waals surface area contributed by atoms with Gasteiger partial charge in [0.1, 0.15) is 12.3 Å². The van der Waals surface area contributed by atoms with Crippen LogP contribution in [0.2, 0.25) is 0 Å². The summed E-state index contributed by atoms with van der Waals surface area (Å²) in [6.07, 6.45) is 1.10. The molecule has 3 aromatic carbocycles. The number of amides is 2. The maximum absolute atomic E-state index is 13.1. The van der Waals surface area contributed by atoms with Crippen molar-refractivity contribution < 1.29 is 14.4 Å². The second-order valence-electron chi connectivity index (χ2n) is 8.86. The summed E-state index contributed by atoms with van der Waals surface area (Å²) in [4.78, 5) is 36.3. The SMILES string of the molecule is CC(C)C[C@H](NC(=O)CNC(c1ccccc1)(c1ccccc1)c1ccccc1)C(=O)NCC=O. The summed E-state index contributed by atoms with van der Waals surface area (Å²) in [6, 6.07) is 29.3. The molecule has 0 aliphatic heterocycles. The van der Waals surface area contributed by atoms with Gasteiger partial charge in [-0.25, -0.2) is 0 Å². The summed E-state index contributed by atoms with van der Waals surface area (Å²) in [7, 11) is 0. The third kappa shape index (κ3) is 6.64. The van der Waals surface area contributed by atoms with E-state index in [1.54, 1.807) is 0 Å². The van der Waals surface area contributed by atoms with E-state index in [0.717, 1.165) is 16.7 Å². The Bertz CT molecular complexity index is 989. The maximum Gasteiger partial charge on any atom is 0.242 e. The molecule has 6 nitrogen and oxygen atoms in total. The Balaban J connectivity index is 1.93. The van der Waals surface area contributed by atoms with E-state index >= 15 is 0 Å². The van der Waals surface area contributed by atoms with E-state index in [2.05, 4.69) is 16.0 Å². The van der Waals surface area contributed by atoms with E-state index in [0.29, 0.717) is 12.7 Å². The van der Waals surface area contributed by atoms with E-state index in [-0.39, 0.29) is 30.8 Å². The zero-order valence-corrected chi connectivity index (χ0v) is 20.2. The topological polar surface area (TPSA) is 87.3 Å². The van der Waals surface area contributed by atoms with Gasteiger partial charge >= 0.3 is 0 Å². The van der Waals surface area contributed by atoms with Crippen LogP contribution in [0.3, 0.4) is 0 Å². The number of carbonyl (C=O) groups is 3. The van der Waals surface area contributed by atoms with Gasteiger partial charge < -0.3 is 15.4 Å². The molecule has 0 fully saturated rings. The molecule has 0 aliphatic carbocycles. The first-order chi connectivity index (χ1) is 17.0. The van der Waals surface area contributed by atoms with E-state index in [1.165, 1.54) is 0 Å².